The molecule has 0 heterocycles. The number of hydrogen-bond acceptors (Lipinski definition) is 2. The molecule has 0 amide bonds. The lowest BCUT2D eigenvalue weighted by Crippen LogP contribution is -2.28. The van der Waals surface area contributed by atoms with Gasteiger partial charge in [-0.25, -0.2) is 0 Å². The van der Waals surface area contributed by atoms with E-state index >= 15 is 0 Å². The van der Waals surface area contributed by atoms with Gasteiger partial charge in [-0.05, 0) is 12.8 Å². The molecule has 1 rings (SSSR count). The summed E-state index contributed by atoms with van der Waals surface area (Å²) in [5.41, 5.74) is -0.485. The third-order valence-electron chi connectivity index (χ3n) is 2.48. The fourth-order valence-electron chi connectivity index (χ4n) is 0.981. The number of halogens is 2. The molecule has 0 saturated heterocycles. The molecule has 4 heteroatoms. The fourth-order valence-corrected chi connectivity index (χ4v) is 0.981. The Bertz CT molecular complexity index is 234. The average molecular weight is 190 g/mol. The van der Waals surface area contributed by atoms with Crippen LogP contribution in [0, 0.1) is 5.41 Å². The number of carbonyl (C=O) groups is 2. The maximum absolute atomic E-state index is 12.4. The predicted molar refractivity (Wildman–Crippen MR) is 42.6 cm³/mol. The lowest BCUT2D eigenvalue weighted by Gasteiger charge is -2.10. The van der Waals surface area contributed by atoms with Gasteiger partial charge in [0, 0.05) is 12.3 Å². The van der Waals surface area contributed by atoms with Gasteiger partial charge < -0.3 is 0 Å². The van der Waals surface area contributed by atoms with E-state index in [2.05, 4.69) is 0 Å². The van der Waals surface area contributed by atoms with E-state index < -0.39 is 23.5 Å². The topological polar surface area (TPSA) is 34.1 Å². The Morgan fingerprint density at radius 2 is 1.85 bits per heavy atom. The Kier molecular flexibility index (Phi) is 2.26. The summed E-state index contributed by atoms with van der Waals surface area (Å²) in [6, 6.07) is 0. The van der Waals surface area contributed by atoms with Crippen LogP contribution in [0.15, 0.2) is 0 Å². The molecule has 0 atom stereocenters. The van der Waals surface area contributed by atoms with Crippen LogP contribution in [-0.2, 0) is 9.59 Å². The van der Waals surface area contributed by atoms with Crippen LogP contribution in [0.3, 0.4) is 0 Å². The van der Waals surface area contributed by atoms with Crippen LogP contribution in [0.4, 0.5) is 8.78 Å². The van der Waals surface area contributed by atoms with Gasteiger partial charge in [0.1, 0.15) is 5.78 Å². The largest absolute Gasteiger partial charge is 0.302 e. The lowest BCUT2D eigenvalue weighted by atomic mass is 9.97. The Labute approximate surface area is 75.3 Å². The van der Waals surface area contributed by atoms with Crippen LogP contribution >= 0.6 is 0 Å². The van der Waals surface area contributed by atoms with Crippen molar-refractivity contribution < 1.29 is 18.4 Å². The molecule has 1 aliphatic carbocycles. The first-order chi connectivity index (χ1) is 5.76. The van der Waals surface area contributed by atoms with Gasteiger partial charge in [-0.2, -0.15) is 8.78 Å². The van der Waals surface area contributed by atoms with Crippen LogP contribution in [0.25, 0.3) is 0 Å². The van der Waals surface area contributed by atoms with Crippen LogP contribution in [-0.4, -0.2) is 17.5 Å². The summed E-state index contributed by atoms with van der Waals surface area (Å²) >= 11 is 0. The molecule has 0 spiro atoms. The highest BCUT2D eigenvalue weighted by molar-refractivity contribution is 6.05. The van der Waals surface area contributed by atoms with Gasteiger partial charge in [0.15, 0.2) is 0 Å². The Morgan fingerprint density at radius 1 is 1.38 bits per heavy atom. The van der Waals surface area contributed by atoms with Crippen molar-refractivity contribution in [3.8, 4) is 0 Å². The summed E-state index contributed by atoms with van der Waals surface area (Å²) in [6.07, 6.45) is 0.808. The third-order valence-corrected chi connectivity index (χ3v) is 2.48. The molecule has 2 nitrogen and oxygen atoms in total. The highest BCUT2D eigenvalue weighted by Crippen LogP contribution is 2.46. The quantitative estimate of drug-likeness (QED) is 0.635. The van der Waals surface area contributed by atoms with Gasteiger partial charge in [-0.1, -0.05) is 6.92 Å². The highest BCUT2D eigenvalue weighted by Gasteiger charge is 2.46. The summed E-state index contributed by atoms with van der Waals surface area (Å²) in [6.45, 7) is 2.23. The number of ketones is 2. The van der Waals surface area contributed by atoms with Crippen molar-refractivity contribution in [2.45, 2.75) is 39.0 Å². The molecule has 13 heavy (non-hydrogen) atoms. The minimum absolute atomic E-state index is 0.348. The predicted octanol–water partition coefficient (Wildman–Crippen LogP) is 1.97. The number of hydrogen-bond donors (Lipinski definition) is 0. The molecule has 1 aliphatic rings. The van der Waals surface area contributed by atoms with Crippen molar-refractivity contribution in [3.63, 3.8) is 0 Å². The van der Waals surface area contributed by atoms with Gasteiger partial charge in [0.2, 0.25) is 5.78 Å². The molecule has 0 aromatic carbocycles. The number of Topliss-reactive ketones (excluding diaryl/α,β-unsaturated/α-hetero) is 2. The van der Waals surface area contributed by atoms with Crippen molar-refractivity contribution in [2.75, 3.05) is 0 Å². The van der Waals surface area contributed by atoms with E-state index in [4.69, 9.17) is 0 Å². The molecule has 0 aliphatic heterocycles. The van der Waals surface area contributed by atoms with E-state index in [1.807, 2.05) is 0 Å². The van der Waals surface area contributed by atoms with Gasteiger partial charge >= 0.3 is 5.92 Å². The first kappa shape index (κ1) is 10.3. The second-order valence-corrected chi connectivity index (χ2v) is 3.97. The number of rotatable bonds is 4. The molecular formula is C9H12F2O2. The molecule has 0 unspecified atom stereocenters. The third kappa shape index (κ3) is 2.32. The molecule has 1 saturated carbocycles. The first-order valence-corrected chi connectivity index (χ1v) is 4.20. The Morgan fingerprint density at radius 3 is 2.15 bits per heavy atom. The van der Waals surface area contributed by atoms with Crippen LogP contribution in [0.2, 0.25) is 0 Å². The lowest BCUT2D eigenvalue weighted by molar-refractivity contribution is -0.144. The molecular weight excluding hydrogens is 178 g/mol. The summed E-state index contributed by atoms with van der Waals surface area (Å²) in [4.78, 5) is 22.0. The van der Waals surface area contributed by atoms with Crippen molar-refractivity contribution in [3.05, 3.63) is 0 Å². The molecule has 0 radical (unpaired) electrons. The summed E-state index contributed by atoms with van der Waals surface area (Å²) in [5, 5.41) is 0. The summed E-state index contributed by atoms with van der Waals surface area (Å²) in [5.74, 6) is -4.99. The minimum Gasteiger partial charge on any atom is -0.299 e. The van der Waals surface area contributed by atoms with E-state index in [-0.39, 0.29) is 5.78 Å². The Hall–Kier alpha value is -0.800. The van der Waals surface area contributed by atoms with Gasteiger partial charge in [0.05, 0.1) is 6.42 Å². The molecule has 0 aromatic rings. The number of carbonyl (C=O) groups excluding carboxylic acids is 2. The number of alkyl halides is 2. The average Bonchev–Trinajstić information content (AvgIpc) is 2.67. The zero-order valence-electron chi connectivity index (χ0n) is 7.69. The van der Waals surface area contributed by atoms with Crippen LogP contribution < -0.4 is 0 Å². The highest BCUT2D eigenvalue weighted by atomic mass is 19.3. The molecule has 1 fully saturated rings. The zero-order chi connectivity index (χ0) is 10.3. The van der Waals surface area contributed by atoms with Crippen molar-refractivity contribution in [1.29, 1.82) is 0 Å². The molecule has 0 bridgehead atoms. The fraction of sp³-hybridized carbons (Fsp3) is 0.778. The van der Waals surface area contributed by atoms with E-state index in [0.29, 0.717) is 19.8 Å². The van der Waals surface area contributed by atoms with E-state index in [0.717, 1.165) is 0 Å². The van der Waals surface area contributed by atoms with E-state index in [1.165, 1.54) is 0 Å². The maximum atomic E-state index is 12.4. The van der Waals surface area contributed by atoms with Gasteiger partial charge in [-0.3, -0.25) is 9.59 Å². The zero-order valence-corrected chi connectivity index (χ0v) is 7.69. The van der Waals surface area contributed by atoms with E-state index in [9.17, 15) is 18.4 Å². The van der Waals surface area contributed by atoms with Gasteiger partial charge in [-0.15, -0.1) is 0 Å². The maximum Gasteiger partial charge on any atom is 0.302 e. The van der Waals surface area contributed by atoms with Crippen LogP contribution in [0.5, 0.6) is 0 Å². The van der Waals surface area contributed by atoms with Crippen molar-refractivity contribution >= 4 is 11.6 Å². The van der Waals surface area contributed by atoms with E-state index in [1.54, 1.807) is 6.92 Å². The second kappa shape index (κ2) is 2.86. The second-order valence-electron chi connectivity index (χ2n) is 3.97. The van der Waals surface area contributed by atoms with Crippen molar-refractivity contribution in [1.82, 2.24) is 0 Å². The van der Waals surface area contributed by atoms with Gasteiger partial charge in [0.25, 0.3) is 0 Å². The molecule has 0 N–H and O–H groups in total. The molecule has 0 aromatic heterocycles. The van der Waals surface area contributed by atoms with Crippen molar-refractivity contribution in [2.24, 2.45) is 5.41 Å². The standard InChI is InChI=1S/C9H12F2O2/c1-8(3-4-8)6(12)5-7(13)9(2,10)11/h3-5H2,1-2H3. The smallest absolute Gasteiger partial charge is 0.299 e. The summed E-state index contributed by atoms with van der Waals surface area (Å²) in [7, 11) is 0. The Balaban J connectivity index is 2.50. The normalized spacial score (nSPS) is 19.7. The summed E-state index contributed by atoms with van der Waals surface area (Å²) < 4.78 is 24.8. The molecule has 74 valence electrons. The minimum atomic E-state index is -3.37. The van der Waals surface area contributed by atoms with Crippen LogP contribution in [0.1, 0.15) is 33.1 Å². The SMILES string of the molecule is CC(F)(F)C(=O)CC(=O)C1(C)CC1. The first-order valence-electron chi connectivity index (χ1n) is 4.20. The monoisotopic (exact) mass is 190 g/mol.